The van der Waals surface area contributed by atoms with Gasteiger partial charge in [0.2, 0.25) is 5.91 Å². The molecule has 110 valence electrons. The highest BCUT2D eigenvalue weighted by Gasteiger charge is 2.05. The van der Waals surface area contributed by atoms with Crippen molar-refractivity contribution in [2.75, 3.05) is 0 Å². The maximum atomic E-state index is 11.8. The van der Waals surface area contributed by atoms with Crippen LogP contribution in [-0.2, 0) is 24.5 Å². The number of pyridine rings is 1. The Morgan fingerprint density at radius 1 is 1.10 bits per heavy atom. The predicted molar refractivity (Wildman–Crippen MR) is 79.5 cm³/mol. The van der Waals surface area contributed by atoms with E-state index in [2.05, 4.69) is 5.32 Å². The molecule has 5 nitrogen and oxygen atoms in total. The van der Waals surface area contributed by atoms with Crippen LogP contribution in [0.4, 0.5) is 0 Å². The van der Waals surface area contributed by atoms with Gasteiger partial charge in [-0.2, -0.15) is 0 Å². The molecule has 0 radical (unpaired) electrons. The SMILES string of the molecule is O=C(CCn1ccccc1=O)NCc1ccccc1CO. The number of hydrogen-bond acceptors (Lipinski definition) is 3. The number of aliphatic hydroxyl groups is 1. The van der Waals surface area contributed by atoms with E-state index in [4.69, 9.17) is 0 Å². The van der Waals surface area contributed by atoms with Gasteiger partial charge in [-0.15, -0.1) is 0 Å². The first-order valence-corrected chi connectivity index (χ1v) is 6.80. The number of amides is 1. The number of benzene rings is 1. The topological polar surface area (TPSA) is 71.3 Å². The Morgan fingerprint density at radius 2 is 1.81 bits per heavy atom. The van der Waals surface area contributed by atoms with Crippen LogP contribution >= 0.6 is 0 Å². The number of aliphatic hydroxyl groups excluding tert-OH is 1. The lowest BCUT2D eigenvalue weighted by molar-refractivity contribution is -0.121. The van der Waals surface area contributed by atoms with E-state index < -0.39 is 0 Å². The molecule has 0 unspecified atom stereocenters. The van der Waals surface area contributed by atoms with Gasteiger partial charge in [0, 0.05) is 31.8 Å². The molecule has 21 heavy (non-hydrogen) atoms. The Morgan fingerprint density at radius 3 is 2.52 bits per heavy atom. The van der Waals surface area contributed by atoms with Crippen molar-refractivity contribution in [2.45, 2.75) is 26.1 Å². The number of nitrogens with zero attached hydrogens (tertiary/aromatic N) is 1. The van der Waals surface area contributed by atoms with E-state index in [1.807, 2.05) is 24.3 Å². The number of rotatable bonds is 6. The molecule has 0 fully saturated rings. The maximum absolute atomic E-state index is 11.8. The second kappa shape index (κ2) is 7.40. The minimum Gasteiger partial charge on any atom is -0.392 e. The van der Waals surface area contributed by atoms with Crippen LogP contribution in [0.5, 0.6) is 0 Å². The lowest BCUT2D eigenvalue weighted by Crippen LogP contribution is -2.26. The van der Waals surface area contributed by atoms with Crippen LogP contribution in [0.15, 0.2) is 53.5 Å². The van der Waals surface area contributed by atoms with Crippen molar-refractivity contribution in [3.05, 3.63) is 70.1 Å². The van der Waals surface area contributed by atoms with Gasteiger partial charge < -0.3 is 15.0 Å². The lowest BCUT2D eigenvalue weighted by atomic mass is 10.1. The fraction of sp³-hybridized carbons (Fsp3) is 0.250. The Balaban J connectivity index is 1.85. The highest BCUT2D eigenvalue weighted by molar-refractivity contribution is 5.75. The molecule has 0 spiro atoms. The van der Waals surface area contributed by atoms with E-state index in [-0.39, 0.29) is 24.5 Å². The van der Waals surface area contributed by atoms with Gasteiger partial charge in [0.1, 0.15) is 0 Å². The lowest BCUT2D eigenvalue weighted by Gasteiger charge is -2.09. The van der Waals surface area contributed by atoms with E-state index in [1.165, 1.54) is 10.6 Å². The minimum atomic E-state index is -0.126. The number of nitrogens with one attached hydrogen (secondary N) is 1. The molecule has 2 aromatic rings. The molecule has 0 aliphatic carbocycles. The quantitative estimate of drug-likeness (QED) is 0.833. The molecule has 1 amide bonds. The van der Waals surface area contributed by atoms with Crippen molar-refractivity contribution in [3.8, 4) is 0 Å². The third-order valence-corrected chi connectivity index (χ3v) is 3.24. The van der Waals surface area contributed by atoms with E-state index >= 15 is 0 Å². The van der Waals surface area contributed by atoms with Crippen molar-refractivity contribution in [3.63, 3.8) is 0 Å². The molecule has 1 aromatic carbocycles. The molecule has 0 aliphatic heterocycles. The number of aromatic nitrogens is 1. The standard InChI is InChI=1S/C16H18N2O3/c19-12-14-6-2-1-5-13(14)11-17-15(20)8-10-18-9-4-3-7-16(18)21/h1-7,9,19H,8,10-12H2,(H,17,20). The summed E-state index contributed by atoms with van der Waals surface area (Å²) >= 11 is 0. The van der Waals surface area contributed by atoms with Crippen LogP contribution in [0.1, 0.15) is 17.5 Å². The monoisotopic (exact) mass is 286 g/mol. The van der Waals surface area contributed by atoms with E-state index in [0.29, 0.717) is 13.1 Å². The first-order valence-electron chi connectivity index (χ1n) is 6.80. The second-order valence-electron chi connectivity index (χ2n) is 4.69. The van der Waals surface area contributed by atoms with E-state index in [9.17, 15) is 14.7 Å². The maximum Gasteiger partial charge on any atom is 0.250 e. The van der Waals surface area contributed by atoms with Crippen molar-refractivity contribution < 1.29 is 9.90 Å². The highest BCUT2D eigenvalue weighted by atomic mass is 16.3. The van der Waals surface area contributed by atoms with Crippen LogP contribution in [0, 0.1) is 0 Å². The summed E-state index contributed by atoms with van der Waals surface area (Å²) in [7, 11) is 0. The highest BCUT2D eigenvalue weighted by Crippen LogP contribution is 2.08. The Kier molecular flexibility index (Phi) is 5.29. The summed E-state index contributed by atoms with van der Waals surface area (Å²) in [6.07, 6.45) is 1.90. The van der Waals surface area contributed by atoms with Gasteiger partial charge in [-0.25, -0.2) is 0 Å². The van der Waals surface area contributed by atoms with Gasteiger partial charge in [0.25, 0.3) is 5.56 Å². The van der Waals surface area contributed by atoms with Gasteiger partial charge in [-0.1, -0.05) is 30.3 Å². The third-order valence-electron chi connectivity index (χ3n) is 3.24. The van der Waals surface area contributed by atoms with E-state index in [1.54, 1.807) is 18.3 Å². The average molecular weight is 286 g/mol. The largest absolute Gasteiger partial charge is 0.392 e. The zero-order valence-corrected chi connectivity index (χ0v) is 11.7. The van der Waals surface area contributed by atoms with Crippen LogP contribution in [0.25, 0.3) is 0 Å². The summed E-state index contributed by atoms with van der Waals surface area (Å²) in [6, 6.07) is 12.3. The summed E-state index contributed by atoms with van der Waals surface area (Å²) in [4.78, 5) is 23.3. The zero-order valence-electron chi connectivity index (χ0n) is 11.7. The third kappa shape index (κ3) is 4.29. The summed E-state index contributed by atoms with van der Waals surface area (Å²) in [6.45, 7) is 0.678. The van der Waals surface area contributed by atoms with Gasteiger partial charge >= 0.3 is 0 Å². The normalized spacial score (nSPS) is 10.3. The van der Waals surface area contributed by atoms with E-state index in [0.717, 1.165) is 11.1 Å². The van der Waals surface area contributed by atoms with Crippen molar-refractivity contribution in [1.82, 2.24) is 9.88 Å². The first-order chi connectivity index (χ1) is 10.2. The molecule has 1 heterocycles. The molecule has 0 aliphatic rings. The number of carbonyl (C=O) groups excluding carboxylic acids is 1. The van der Waals surface area contributed by atoms with Crippen LogP contribution in [-0.4, -0.2) is 15.6 Å². The molecular weight excluding hydrogens is 268 g/mol. The molecule has 5 heteroatoms. The first kappa shape index (κ1) is 15.0. The van der Waals surface area contributed by atoms with Gasteiger partial charge in [0.05, 0.1) is 6.61 Å². The molecule has 2 rings (SSSR count). The number of carbonyl (C=O) groups is 1. The molecule has 0 bridgehead atoms. The van der Waals surface area contributed by atoms with Crippen molar-refractivity contribution in [2.24, 2.45) is 0 Å². The summed E-state index contributed by atoms with van der Waals surface area (Å²) in [5.41, 5.74) is 1.58. The van der Waals surface area contributed by atoms with Gasteiger partial charge in [-0.3, -0.25) is 9.59 Å². The summed E-state index contributed by atoms with van der Waals surface area (Å²) in [5, 5.41) is 12.0. The zero-order chi connectivity index (χ0) is 15.1. The van der Waals surface area contributed by atoms with Crippen molar-refractivity contribution >= 4 is 5.91 Å². The van der Waals surface area contributed by atoms with Crippen LogP contribution in [0.3, 0.4) is 0 Å². The number of aryl methyl sites for hydroxylation is 1. The Hall–Kier alpha value is -2.40. The fourth-order valence-electron chi connectivity index (χ4n) is 2.03. The van der Waals surface area contributed by atoms with Crippen molar-refractivity contribution in [1.29, 1.82) is 0 Å². The Bertz CT molecular complexity index is 664. The molecule has 0 saturated heterocycles. The van der Waals surface area contributed by atoms with Crippen LogP contribution < -0.4 is 10.9 Å². The molecule has 1 aromatic heterocycles. The molecular formula is C16H18N2O3. The average Bonchev–Trinajstić information content (AvgIpc) is 2.52. The van der Waals surface area contributed by atoms with Gasteiger partial charge in [0.15, 0.2) is 0 Å². The molecule has 0 atom stereocenters. The Labute approximate surface area is 122 Å². The van der Waals surface area contributed by atoms with Gasteiger partial charge in [-0.05, 0) is 17.2 Å². The molecule has 0 saturated carbocycles. The predicted octanol–water partition coefficient (Wildman–Crippen LogP) is 1.05. The minimum absolute atomic E-state index is 0.0501. The second-order valence-corrected chi connectivity index (χ2v) is 4.69. The molecule has 2 N–H and O–H groups in total. The summed E-state index contributed by atoms with van der Waals surface area (Å²) in [5.74, 6) is -0.126. The fourth-order valence-corrected chi connectivity index (χ4v) is 2.03. The van der Waals surface area contributed by atoms with Crippen LogP contribution in [0.2, 0.25) is 0 Å². The summed E-state index contributed by atoms with van der Waals surface area (Å²) < 4.78 is 1.50. The smallest absolute Gasteiger partial charge is 0.250 e. The number of hydrogen-bond donors (Lipinski definition) is 2.